The van der Waals surface area contributed by atoms with E-state index in [1.807, 2.05) is 0 Å². The first-order chi connectivity index (χ1) is 19.4. The summed E-state index contributed by atoms with van der Waals surface area (Å²) >= 11 is 0. The maximum absolute atomic E-state index is 13.6. The Balaban J connectivity index is 1.50. The number of benzene rings is 1. The van der Waals surface area contributed by atoms with Gasteiger partial charge in [-0.2, -0.15) is 18.2 Å². The van der Waals surface area contributed by atoms with E-state index in [0.717, 1.165) is 25.2 Å². The Morgan fingerprint density at radius 1 is 1.10 bits per heavy atom. The minimum atomic E-state index is -4.54. The van der Waals surface area contributed by atoms with E-state index in [-0.39, 0.29) is 45.0 Å². The Morgan fingerprint density at radius 3 is 2.41 bits per heavy atom. The predicted octanol–water partition coefficient (Wildman–Crippen LogP) is 6.71. The minimum Gasteiger partial charge on any atom is -0.437 e. The third-order valence-electron chi connectivity index (χ3n) is 8.10. The number of alkyl halides is 3. The summed E-state index contributed by atoms with van der Waals surface area (Å²) < 4.78 is 59.2. The van der Waals surface area contributed by atoms with Crippen LogP contribution in [-0.2, 0) is 0 Å². The Kier molecular flexibility index (Phi) is 6.35. The van der Waals surface area contributed by atoms with E-state index in [1.165, 1.54) is 43.6 Å². The van der Waals surface area contributed by atoms with Gasteiger partial charge in [-0.05, 0) is 73.9 Å². The number of furan rings is 1. The molecule has 4 aromatic rings. The molecule has 3 heterocycles. The predicted molar refractivity (Wildman–Crippen MR) is 144 cm³/mol. The molecule has 1 aromatic carbocycles. The molecule has 11 heteroatoms. The minimum absolute atomic E-state index is 0.0539. The first-order valence-corrected chi connectivity index (χ1v) is 13.2. The third-order valence-corrected chi connectivity index (χ3v) is 8.10. The maximum Gasteiger partial charge on any atom is 0.405 e. The number of halogens is 4. The van der Waals surface area contributed by atoms with Gasteiger partial charge in [0.15, 0.2) is 5.78 Å². The first kappa shape index (κ1) is 26.9. The number of pyridine rings is 2. The number of hydrogen-bond donors (Lipinski definition) is 2. The summed E-state index contributed by atoms with van der Waals surface area (Å²) in [5.74, 6) is -0.414. The second-order valence-electron chi connectivity index (χ2n) is 11.0. The van der Waals surface area contributed by atoms with Crippen molar-refractivity contribution < 1.29 is 31.6 Å². The molecule has 3 fully saturated rings. The average Bonchev–Trinajstić information content (AvgIpc) is 3.26. The van der Waals surface area contributed by atoms with Crippen LogP contribution in [0.2, 0.25) is 0 Å². The molecule has 7 nitrogen and oxygen atoms in total. The van der Waals surface area contributed by atoms with Crippen molar-refractivity contribution in [2.45, 2.75) is 38.8 Å². The van der Waals surface area contributed by atoms with Gasteiger partial charge in [-0.25, -0.2) is 4.39 Å². The van der Waals surface area contributed by atoms with Gasteiger partial charge in [0.2, 0.25) is 5.71 Å². The molecule has 1 amide bonds. The summed E-state index contributed by atoms with van der Waals surface area (Å²) in [6.45, 7) is 0.346. The van der Waals surface area contributed by atoms with Crippen molar-refractivity contribution in [1.29, 1.82) is 0 Å². The van der Waals surface area contributed by atoms with Crippen LogP contribution in [-0.4, -0.2) is 41.4 Å². The fourth-order valence-corrected chi connectivity index (χ4v) is 5.99. The molecule has 41 heavy (non-hydrogen) atoms. The summed E-state index contributed by atoms with van der Waals surface area (Å²) in [7, 11) is 1.43. The number of anilines is 1. The molecule has 3 aliphatic rings. The molecule has 3 aliphatic carbocycles. The second-order valence-corrected chi connectivity index (χ2v) is 11.0. The van der Waals surface area contributed by atoms with Crippen molar-refractivity contribution in [3.63, 3.8) is 0 Å². The highest BCUT2D eigenvalue weighted by Crippen LogP contribution is 2.66. The van der Waals surface area contributed by atoms with Crippen LogP contribution in [0, 0.1) is 24.1 Å². The van der Waals surface area contributed by atoms with Crippen LogP contribution >= 0.6 is 0 Å². The molecule has 2 N–H and O–H groups in total. The first-order valence-electron chi connectivity index (χ1n) is 13.2. The zero-order valence-corrected chi connectivity index (χ0v) is 22.3. The largest absolute Gasteiger partial charge is 0.437 e. The summed E-state index contributed by atoms with van der Waals surface area (Å²) in [4.78, 5) is 35.0. The van der Waals surface area contributed by atoms with Crippen molar-refractivity contribution >= 4 is 28.6 Å². The van der Waals surface area contributed by atoms with Gasteiger partial charge in [-0.15, -0.1) is 0 Å². The number of rotatable bonds is 8. The Bertz CT molecular complexity index is 1680. The van der Waals surface area contributed by atoms with Gasteiger partial charge >= 0.3 is 6.18 Å². The van der Waals surface area contributed by atoms with Crippen LogP contribution in [0.1, 0.15) is 52.1 Å². The molecule has 0 spiro atoms. The number of aromatic nitrogens is 2. The van der Waals surface area contributed by atoms with Gasteiger partial charge in [0.25, 0.3) is 5.91 Å². The molecule has 3 saturated carbocycles. The lowest BCUT2D eigenvalue weighted by molar-refractivity contribution is -0.115. The molecule has 0 radical (unpaired) electrons. The lowest BCUT2D eigenvalue weighted by Gasteiger charge is -2.62. The average molecular weight is 567 g/mol. The van der Waals surface area contributed by atoms with Crippen molar-refractivity contribution in [2.24, 2.45) is 11.3 Å². The molecule has 2 bridgehead atoms. The molecular formula is C30H26F4N4O3. The fraction of sp³-hybridized carbons (Fsp3) is 0.333. The summed E-state index contributed by atoms with van der Waals surface area (Å²) in [5, 5.41) is 5.11. The summed E-state index contributed by atoms with van der Waals surface area (Å²) in [6.07, 6.45) is 0.492. The van der Waals surface area contributed by atoms with Gasteiger partial charge in [0.05, 0.1) is 10.9 Å². The Labute approximate surface area is 232 Å². The molecule has 0 aliphatic heterocycles. The number of carbonyl (C=O) groups is 2. The highest BCUT2D eigenvalue weighted by Gasteiger charge is 2.57. The van der Waals surface area contributed by atoms with Gasteiger partial charge in [0, 0.05) is 47.6 Å². The van der Waals surface area contributed by atoms with E-state index in [4.69, 9.17) is 4.42 Å². The molecule has 0 unspecified atom stereocenters. The molecule has 7 rings (SSSR count). The van der Waals surface area contributed by atoms with Gasteiger partial charge in [-0.1, -0.05) is 0 Å². The zero-order chi connectivity index (χ0) is 29.1. The number of Topliss-reactive ketones (excluding diaryl/α,β-unsaturated/α-hetero) is 1. The number of hydrogen-bond acceptors (Lipinski definition) is 6. The molecule has 212 valence electrons. The number of amides is 1. The lowest BCUT2D eigenvalue weighted by atomic mass is 9.43. The van der Waals surface area contributed by atoms with Crippen LogP contribution in [0.5, 0.6) is 0 Å². The van der Waals surface area contributed by atoms with Gasteiger partial charge in [0.1, 0.15) is 23.9 Å². The van der Waals surface area contributed by atoms with Crippen LogP contribution in [0.15, 0.2) is 47.0 Å². The highest BCUT2D eigenvalue weighted by molar-refractivity contribution is 6.11. The van der Waals surface area contributed by atoms with Crippen LogP contribution < -0.4 is 10.6 Å². The maximum atomic E-state index is 13.6. The number of fused-ring (bicyclic) bond motifs is 1. The number of nitrogens with one attached hydrogen (secondary N) is 2. The zero-order valence-electron chi connectivity index (χ0n) is 22.3. The topological polar surface area (TPSA) is 97.1 Å². The molecule has 3 aromatic heterocycles. The highest BCUT2D eigenvalue weighted by atomic mass is 19.4. The van der Waals surface area contributed by atoms with E-state index in [0.29, 0.717) is 28.8 Å². The Hall–Kier alpha value is -4.28. The van der Waals surface area contributed by atoms with Crippen molar-refractivity contribution in [2.75, 3.05) is 18.9 Å². The molecule has 0 atom stereocenters. The number of nitrogens with zero attached hydrogens (tertiary/aromatic N) is 2. The standard InChI is InChI=1S/C30H26F4N4O3/c1-15-20(23(39)12-29-9-16(10-29)11-29)7-18(13-36-15)21-8-22-24(27(40)35-2)25(17-3-5-19(31)6-4-17)41-28(22)38-26(21)37-14-30(32,33)34/h3-8,13,16H,9-12,14H2,1-2H3,(H,35,40)(H,37,38). The number of aryl methyl sites for hydroxylation is 1. The van der Waals surface area contributed by atoms with Crippen LogP contribution in [0.4, 0.5) is 23.4 Å². The van der Waals surface area contributed by atoms with Gasteiger partial charge in [-0.3, -0.25) is 14.6 Å². The number of ketones is 1. The summed E-state index contributed by atoms with van der Waals surface area (Å²) in [5.41, 5.74) is 1.96. The smallest absolute Gasteiger partial charge is 0.405 e. The van der Waals surface area contributed by atoms with E-state index in [9.17, 15) is 27.2 Å². The molecular weight excluding hydrogens is 540 g/mol. The quantitative estimate of drug-likeness (QED) is 0.182. The fourth-order valence-electron chi connectivity index (χ4n) is 5.99. The van der Waals surface area contributed by atoms with Crippen LogP contribution in [0.3, 0.4) is 0 Å². The van der Waals surface area contributed by atoms with Crippen LogP contribution in [0.25, 0.3) is 33.6 Å². The van der Waals surface area contributed by atoms with E-state index in [2.05, 4.69) is 20.6 Å². The molecule has 0 saturated heterocycles. The third kappa shape index (κ3) is 4.93. The summed E-state index contributed by atoms with van der Waals surface area (Å²) in [6, 6.07) is 8.39. The normalized spacial score (nSPS) is 19.4. The van der Waals surface area contributed by atoms with Crippen molar-refractivity contribution in [3.05, 3.63) is 65.2 Å². The van der Waals surface area contributed by atoms with E-state index in [1.54, 1.807) is 13.0 Å². The monoisotopic (exact) mass is 566 g/mol. The second kappa shape index (κ2) is 9.67. The van der Waals surface area contributed by atoms with E-state index >= 15 is 0 Å². The Morgan fingerprint density at radius 2 is 1.80 bits per heavy atom. The lowest BCUT2D eigenvalue weighted by Crippen LogP contribution is -2.52. The van der Waals surface area contributed by atoms with Crippen molar-refractivity contribution in [1.82, 2.24) is 15.3 Å². The number of carbonyl (C=O) groups excluding carboxylic acids is 2. The SMILES string of the molecule is CNC(=O)c1c(-c2ccc(F)cc2)oc2nc(NCC(F)(F)F)c(-c3cnc(C)c(C(=O)CC45CC(C4)C5)c3)cc12. The van der Waals surface area contributed by atoms with E-state index < -0.39 is 24.4 Å². The van der Waals surface area contributed by atoms with Gasteiger partial charge < -0.3 is 15.1 Å². The van der Waals surface area contributed by atoms with Crippen molar-refractivity contribution in [3.8, 4) is 22.5 Å².